The molecule has 5 heteroatoms. The molecule has 0 saturated heterocycles. The van der Waals surface area contributed by atoms with Crippen LogP contribution in [0.1, 0.15) is 16.3 Å². The van der Waals surface area contributed by atoms with Crippen LogP contribution in [0, 0.1) is 0 Å². The number of ketones is 1. The zero-order valence-electron chi connectivity index (χ0n) is 6.97. The number of rotatable bonds is 2. The summed E-state index contributed by atoms with van der Waals surface area (Å²) in [6.45, 7) is 0. The Morgan fingerprint density at radius 2 is 2.38 bits per heavy atom. The SMILES string of the molecule is Cn1ccnc1C(=O)c1cscn1. The highest BCUT2D eigenvalue weighted by atomic mass is 32.1. The standard InChI is InChI=1S/C8H7N3OS/c1-11-3-2-9-8(11)7(12)6-4-13-5-10-6/h2-5H,1H3. The summed E-state index contributed by atoms with van der Waals surface area (Å²) in [5, 5.41) is 1.72. The normalized spacial score (nSPS) is 10.2. The van der Waals surface area contributed by atoms with Gasteiger partial charge in [-0.25, -0.2) is 9.97 Å². The molecule has 2 aromatic heterocycles. The van der Waals surface area contributed by atoms with Crippen molar-refractivity contribution >= 4 is 17.1 Å². The van der Waals surface area contributed by atoms with Gasteiger partial charge in [0.25, 0.3) is 0 Å². The molecular formula is C8H7N3OS. The first-order valence-corrected chi connectivity index (χ1v) is 4.63. The van der Waals surface area contributed by atoms with Crippen molar-refractivity contribution in [2.75, 3.05) is 0 Å². The Morgan fingerprint density at radius 1 is 1.54 bits per heavy atom. The fraction of sp³-hybridized carbons (Fsp3) is 0.125. The maximum absolute atomic E-state index is 11.7. The molecule has 0 radical (unpaired) electrons. The second kappa shape index (κ2) is 3.10. The number of nitrogens with zero attached hydrogens (tertiary/aromatic N) is 3. The fourth-order valence-corrected chi connectivity index (χ4v) is 1.56. The van der Waals surface area contributed by atoms with E-state index in [1.807, 2.05) is 0 Å². The summed E-state index contributed by atoms with van der Waals surface area (Å²) in [6, 6.07) is 0. The summed E-state index contributed by atoms with van der Waals surface area (Å²) >= 11 is 1.40. The first kappa shape index (κ1) is 8.12. The van der Waals surface area contributed by atoms with Crippen molar-refractivity contribution in [1.29, 1.82) is 0 Å². The van der Waals surface area contributed by atoms with Crippen LogP contribution in [-0.4, -0.2) is 20.3 Å². The van der Waals surface area contributed by atoms with Gasteiger partial charge in [-0.15, -0.1) is 11.3 Å². The number of thiazole rings is 1. The number of imidazole rings is 1. The van der Waals surface area contributed by atoms with Gasteiger partial charge in [0.05, 0.1) is 5.51 Å². The lowest BCUT2D eigenvalue weighted by atomic mass is 10.3. The Labute approximate surface area is 78.9 Å². The van der Waals surface area contributed by atoms with Gasteiger partial charge in [-0.2, -0.15) is 0 Å². The monoisotopic (exact) mass is 193 g/mol. The molecule has 0 aliphatic rings. The van der Waals surface area contributed by atoms with Crippen molar-refractivity contribution in [2.45, 2.75) is 0 Å². The van der Waals surface area contributed by atoms with Crippen LogP contribution in [0.3, 0.4) is 0 Å². The van der Waals surface area contributed by atoms with Crippen molar-refractivity contribution in [1.82, 2.24) is 14.5 Å². The third kappa shape index (κ3) is 1.38. The van der Waals surface area contributed by atoms with E-state index in [1.165, 1.54) is 11.3 Å². The second-order valence-corrected chi connectivity index (χ2v) is 3.28. The van der Waals surface area contributed by atoms with Crippen LogP contribution in [0.5, 0.6) is 0 Å². The summed E-state index contributed by atoms with van der Waals surface area (Å²) < 4.78 is 1.68. The van der Waals surface area contributed by atoms with E-state index in [0.29, 0.717) is 11.5 Å². The van der Waals surface area contributed by atoms with Crippen LogP contribution < -0.4 is 0 Å². The summed E-state index contributed by atoms with van der Waals surface area (Å²) in [5.74, 6) is 0.291. The molecule has 0 fully saturated rings. The second-order valence-electron chi connectivity index (χ2n) is 2.56. The van der Waals surface area contributed by atoms with Gasteiger partial charge >= 0.3 is 0 Å². The van der Waals surface area contributed by atoms with E-state index in [0.717, 1.165) is 0 Å². The molecule has 0 saturated carbocycles. The van der Waals surface area contributed by atoms with Gasteiger partial charge < -0.3 is 4.57 Å². The Balaban J connectivity index is 2.39. The van der Waals surface area contributed by atoms with Crippen LogP contribution in [0.15, 0.2) is 23.3 Å². The number of aromatic nitrogens is 3. The van der Waals surface area contributed by atoms with E-state index in [-0.39, 0.29) is 5.78 Å². The molecule has 0 aliphatic heterocycles. The van der Waals surface area contributed by atoms with E-state index >= 15 is 0 Å². The number of hydrogen-bond acceptors (Lipinski definition) is 4. The molecule has 2 rings (SSSR count). The molecule has 0 bridgehead atoms. The van der Waals surface area contributed by atoms with Crippen LogP contribution in [0.25, 0.3) is 0 Å². The lowest BCUT2D eigenvalue weighted by molar-refractivity contribution is 0.102. The summed E-state index contributed by atoms with van der Waals surface area (Å²) in [4.78, 5) is 19.5. The Kier molecular flexibility index (Phi) is 1.94. The van der Waals surface area contributed by atoms with E-state index in [4.69, 9.17) is 0 Å². The van der Waals surface area contributed by atoms with Crippen LogP contribution in [-0.2, 0) is 7.05 Å². The first-order valence-electron chi connectivity index (χ1n) is 3.69. The molecule has 0 aliphatic carbocycles. The average Bonchev–Trinajstić information content (AvgIpc) is 2.72. The first-order chi connectivity index (χ1) is 6.29. The third-order valence-electron chi connectivity index (χ3n) is 1.69. The fourth-order valence-electron chi connectivity index (χ4n) is 1.02. The highest BCUT2D eigenvalue weighted by Crippen LogP contribution is 2.07. The highest BCUT2D eigenvalue weighted by molar-refractivity contribution is 7.07. The quantitative estimate of drug-likeness (QED) is 0.671. The van der Waals surface area contributed by atoms with Crippen molar-refractivity contribution in [3.05, 3.63) is 34.8 Å². The zero-order valence-corrected chi connectivity index (χ0v) is 7.78. The van der Waals surface area contributed by atoms with E-state index < -0.39 is 0 Å². The van der Waals surface area contributed by atoms with Crippen molar-refractivity contribution in [3.8, 4) is 0 Å². The number of aryl methyl sites for hydroxylation is 1. The maximum atomic E-state index is 11.7. The average molecular weight is 193 g/mol. The summed E-state index contributed by atoms with van der Waals surface area (Å²) in [7, 11) is 1.78. The molecule has 13 heavy (non-hydrogen) atoms. The molecule has 4 nitrogen and oxygen atoms in total. The minimum absolute atomic E-state index is 0.131. The Morgan fingerprint density at radius 3 is 2.92 bits per heavy atom. The van der Waals surface area contributed by atoms with Crippen LogP contribution in [0.4, 0.5) is 0 Å². The molecule has 0 spiro atoms. The van der Waals surface area contributed by atoms with Gasteiger partial charge in [0, 0.05) is 24.8 Å². The smallest absolute Gasteiger partial charge is 0.247 e. The predicted octanol–water partition coefficient (Wildman–Crippen LogP) is 1.11. The summed E-state index contributed by atoms with van der Waals surface area (Å²) in [5.41, 5.74) is 2.09. The maximum Gasteiger partial charge on any atom is 0.247 e. The molecule has 2 heterocycles. The molecule has 66 valence electrons. The molecule has 0 unspecified atom stereocenters. The van der Waals surface area contributed by atoms with Crippen molar-refractivity contribution in [2.24, 2.45) is 7.05 Å². The molecular weight excluding hydrogens is 186 g/mol. The summed E-state index contributed by atoms with van der Waals surface area (Å²) in [6.07, 6.45) is 3.33. The molecule has 2 aromatic rings. The van der Waals surface area contributed by atoms with Gasteiger partial charge in [0.1, 0.15) is 5.69 Å². The number of carbonyl (C=O) groups excluding carboxylic acids is 1. The van der Waals surface area contributed by atoms with Crippen LogP contribution >= 0.6 is 11.3 Å². The molecule has 0 aromatic carbocycles. The predicted molar refractivity (Wildman–Crippen MR) is 48.8 cm³/mol. The lowest BCUT2D eigenvalue weighted by Crippen LogP contribution is -2.08. The minimum Gasteiger partial charge on any atom is -0.331 e. The Hall–Kier alpha value is -1.49. The lowest BCUT2D eigenvalue weighted by Gasteiger charge is -1.96. The Bertz CT molecular complexity index is 418. The van der Waals surface area contributed by atoms with Crippen LogP contribution in [0.2, 0.25) is 0 Å². The molecule has 0 atom stereocenters. The van der Waals surface area contributed by atoms with Gasteiger partial charge in [-0.05, 0) is 0 Å². The van der Waals surface area contributed by atoms with Crippen molar-refractivity contribution in [3.63, 3.8) is 0 Å². The van der Waals surface area contributed by atoms with E-state index in [2.05, 4.69) is 9.97 Å². The van der Waals surface area contributed by atoms with Gasteiger partial charge in [-0.3, -0.25) is 4.79 Å². The largest absolute Gasteiger partial charge is 0.331 e. The molecule has 0 N–H and O–H groups in total. The zero-order chi connectivity index (χ0) is 9.26. The van der Waals surface area contributed by atoms with Gasteiger partial charge in [0.15, 0.2) is 5.82 Å². The number of hydrogen-bond donors (Lipinski definition) is 0. The van der Waals surface area contributed by atoms with Gasteiger partial charge in [-0.1, -0.05) is 0 Å². The number of carbonyl (C=O) groups is 1. The van der Waals surface area contributed by atoms with Gasteiger partial charge in [0.2, 0.25) is 5.78 Å². The molecule has 0 amide bonds. The van der Waals surface area contributed by atoms with E-state index in [1.54, 1.807) is 34.9 Å². The highest BCUT2D eigenvalue weighted by Gasteiger charge is 2.14. The third-order valence-corrected chi connectivity index (χ3v) is 2.28. The topological polar surface area (TPSA) is 47.8 Å². The minimum atomic E-state index is -0.131. The van der Waals surface area contributed by atoms with Crippen molar-refractivity contribution < 1.29 is 4.79 Å². The van der Waals surface area contributed by atoms with E-state index in [9.17, 15) is 4.79 Å².